The molecule has 1 aliphatic heterocycles. The van der Waals surface area contributed by atoms with Gasteiger partial charge >= 0.3 is 5.97 Å². The van der Waals surface area contributed by atoms with Crippen LogP contribution in [-0.2, 0) is 14.3 Å². The zero-order valence-electron chi connectivity index (χ0n) is 13.5. The van der Waals surface area contributed by atoms with Crippen molar-refractivity contribution >= 4 is 23.5 Å². The Balaban J connectivity index is 1.83. The second kappa shape index (κ2) is 6.14. The lowest BCUT2D eigenvalue weighted by atomic mass is 9.76. The Morgan fingerprint density at radius 2 is 1.78 bits per heavy atom. The van der Waals surface area contributed by atoms with E-state index in [1.807, 2.05) is 0 Å². The van der Waals surface area contributed by atoms with Crippen LogP contribution in [0.5, 0.6) is 0 Å². The van der Waals surface area contributed by atoms with E-state index in [9.17, 15) is 14.4 Å². The number of carbonyl (C=O) groups excluding carboxylic acids is 3. The van der Waals surface area contributed by atoms with E-state index in [1.165, 1.54) is 4.90 Å². The van der Waals surface area contributed by atoms with Crippen molar-refractivity contribution in [2.45, 2.75) is 33.1 Å². The normalized spacial score (nSPS) is 27.0. The van der Waals surface area contributed by atoms with Crippen LogP contribution in [-0.4, -0.2) is 24.4 Å². The summed E-state index contributed by atoms with van der Waals surface area (Å²) in [6, 6.07) is 6.47. The summed E-state index contributed by atoms with van der Waals surface area (Å²) in [4.78, 5) is 38.2. The number of amides is 2. The lowest BCUT2D eigenvalue weighted by Gasteiger charge is -2.25. The minimum Gasteiger partial charge on any atom is -0.462 e. The molecule has 23 heavy (non-hydrogen) atoms. The van der Waals surface area contributed by atoms with Crippen molar-refractivity contribution in [3.63, 3.8) is 0 Å². The third-order valence-corrected chi connectivity index (χ3v) is 4.82. The first-order chi connectivity index (χ1) is 11.0. The molecular weight excluding hydrogens is 294 g/mol. The fraction of sp³-hybridized carbons (Fsp3) is 0.500. The maximum atomic E-state index is 12.6. The first kappa shape index (κ1) is 15.7. The fourth-order valence-electron chi connectivity index (χ4n) is 3.61. The molecule has 3 rings (SSSR count). The van der Waals surface area contributed by atoms with Crippen LogP contribution < -0.4 is 4.90 Å². The molecule has 0 unspecified atom stereocenters. The number of carbonyl (C=O) groups is 3. The molecule has 0 radical (unpaired) electrons. The summed E-state index contributed by atoms with van der Waals surface area (Å²) in [7, 11) is 0. The molecule has 5 heteroatoms. The van der Waals surface area contributed by atoms with Gasteiger partial charge in [0.1, 0.15) is 0 Å². The Morgan fingerprint density at radius 3 is 2.43 bits per heavy atom. The lowest BCUT2D eigenvalue weighted by Crippen LogP contribution is -2.30. The van der Waals surface area contributed by atoms with Gasteiger partial charge in [0.15, 0.2) is 0 Å². The number of fused-ring (bicyclic) bond motifs is 1. The van der Waals surface area contributed by atoms with Crippen LogP contribution in [0.3, 0.4) is 0 Å². The van der Waals surface area contributed by atoms with Gasteiger partial charge in [0, 0.05) is 0 Å². The van der Waals surface area contributed by atoms with Crippen LogP contribution in [0.4, 0.5) is 5.69 Å². The van der Waals surface area contributed by atoms with E-state index in [0.717, 1.165) is 19.3 Å². The van der Waals surface area contributed by atoms with Gasteiger partial charge in [-0.25, -0.2) is 4.79 Å². The Hall–Kier alpha value is -2.17. The highest BCUT2D eigenvalue weighted by molar-refractivity contribution is 6.22. The Kier molecular flexibility index (Phi) is 4.20. The topological polar surface area (TPSA) is 63.7 Å². The molecule has 3 atom stereocenters. The number of nitrogens with zero attached hydrogens (tertiary/aromatic N) is 1. The van der Waals surface area contributed by atoms with Gasteiger partial charge in [-0.1, -0.05) is 6.92 Å². The van der Waals surface area contributed by atoms with Crippen molar-refractivity contribution < 1.29 is 19.1 Å². The summed E-state index contributed by atoms with van der Waals surface area (Å²) in [5, 5.41) is 0. The predicted octanol–water partition coefficient (Wildman–Crippen LogP) is 2.79. The molecule has 1 aliphatic carbocycles. The summed E-state index contributed by atoms with van der Waals surface area (Å²) in [5.41, 5.74) is 0.954. The molecule has 0 aromatic heterocycles. The monoisotopic (exact) mass is 315 g/mol. The van der Waals surface area contributed by atoms with Gasteiger partial charge in [0.05, 0.1) is 29.7 Å². The summed E-state index contributed by atoms with van der Waals surface area (Å²) in [5.74, 6) is -0.481. The second-order valence-corrected chi connectivity index (χ2v) is 6.41. The molecule has 2 amide bonds. The molecular formula is C18H21NO4. The van der Waals surface area contributed by atoms with Gasteiger partial charge in [-0.3, -0.25) is 14.5 Å². The molecule has 0 N–H and O–H groups in total. The summed E-state index contributed by atoms with van der Waals surface area (Å²) in [6.07, 6.45) is 2.57. The van der Waals surface area contributed by atoms with Crippen LogP contribution >= 0.6 is 0 Å². The van der Waals surface area contributed by atoms with Crippen LogP contribution in [0.25, 0.3) is 0 Å². The summed E-state index contributed by atoms with van der Waals surface area (Å²) < 4.78 is 4.94. The molecule has 1 saturated heterocycles. The Morgan fingerprint density at radius 1 is 1.13 bits per heavy atom. The average Bonchev–Trinajstić information content (AvgIpc) is 2.79. The molecule has 5 nitrogen and oxygen atoms in total. The molecule has 122 valence electrons. The summed E-state index contributed by atoms with van der Waals surface area (Å²) >= 11 is 0. The Bertz CT molecular complexity index is 637. The smallest absolute Gasteiger partial charge is 0.338 e. The molecule has 2 aliphatic rings. The van der Waals surface area contributed by atoms with Gasteiger partial charge in [0.2, 0.25) is 11.8 Å². The quantitative estimate of drug-likeness (QED) is 0.635. The van der Waals surface area contributed by atoms with Gasteiger partial charge in [0.25, 0.3) is 0 Å². The maximum absolute atomic E-state index is 12.6. The van der Waals surface area contributed by atoms with Gasteiger partial charge in [-0.05, 0) is 56.4 Å². The fourth-order valence-corrected chi connectivity index (χ4v) is 3.61. The van der Waals surface area contributed by atoms with Crippen LogP contribution in [0.15, 0.2) is 24.3 Å². The minimum atomic E-state index is -0.402. The number of rotatable bonds is 3. The lowest BCUT2D eigenvalue weighted by molar-refractivity contribution is -0.122. The highest BCUT2D eigenvalue weighted by Crippen LogP contribution is 2.42. The average molecular weight is 315 g/mol. The SMILES string of the molecule is CCOC(=O)c1ccc(N2C(=O)[C@H]3CC[C@@H](C)C[C@@H]3C2=O)cc1. The number of imide groups is 1. The predicted molar refractivity (Wildman–Crippen MR) is 84.9 cm³/mol. The first-order valence-corrected chi connectivity index (χ1v) is 8.18. The van der Waals surface area contributed by atoms with Crippen molar-refractivity contribution in [3.05, 3.63) is 29.8 Å². The van der Waals surface area contributed by atoms with E-state index in [0.29, 0.717) is 23.8 Å². The standard InChI is InChI=1S/C18H21NO4/c1-3-23-18(22)12-5-7-13(8-6-12)19-16(20)14-9-4-11(2)10-15(14)17(19)21/h5-8,11,14-15H,3-4,9-10H2,1-2H3/t11-,14+,15+/m1/s1. The number of benzene rings is 1. The van der Waals surface area contributed by atoms with Crippen LogP contribution in [0.1, 0.15) is 43.5 Å². The molecule has 1 aromatic rings. The van der Waals surface area contributed by atoms with Gasteiger partial charge in [-0.2, -0.15) is 0 Å². The number of anilines is 1. The zero-order chi connectivity index (χ0) is 16.6. The van der Waals surface area contributed by atoms with E-state index in [-0.39, 0.29) is 23.7 Å². The van der Waals surface area contributed by atoms with E-state index in [2.05, 4.69) is 6.92 Å². The van der Waals surface area contributed by atoms with E-state index in [4.69, 9.17) is 4.74 Å². The molecule has 1 heterocycles. The van der Waals surface area contributed by atoms with Gasteiger partial charge in [-0.15, -0.1) is 0 Å². The van der Waals surface area contributed by atoms with Crippen LogP contribution in [0, 0.1) is 17.8 Å². The highest BCUT2D eigenvalue weighted by atomic mass is 16.5. The summed E-state index contributed by atoms with van der Waals surface area (Å²) in [6.45, 7) is 4.19. The van der Waals surface area contributed by atoms with Crippen molar-refractivity contribution in [1.82, 2.24) is 0 Å². The first-order valence-electron chi connectivity index (χ1n) is 8.18. The minimum absolute atomic E-state index is 0.101. The van der Waals surface area contributed by atoms with E-state index >= 15 is 0 Å². The molecule has 2 fully saturated rings. The zero-order valence-corrected chi connectivity index (χ0v) is 13.5. The largest absolute Gasteiger partial charge is 0.462 e. The maximum Gasteiger partial charge on any atom is 0.338 e. The third-order valence-electron chi connectivity index (χ3n) is 4.82. The van der Waals surface area contributed by atoms with Crippen molar-refractivity contribution in [1.29, 1.82) is 0 Å². The van der Waals surface area contributed by atoms with E-state index in [1.54, 1.807) is 31.2 Å². The van der Waals surface area contributed by atoms with Crippen molar-refractivity contribution in [2.75, 3.05) is 11.5 Å². The number of esters is 1. The molecule has 0 bridgehead atoms. The molecule has 1 aromatic carbocycles. The number of hydrogen-bond acceptors (Lipinski definition) is 4. The number of hydrogen-bond donors (Lipinski definition) is 0. The third kappa shape index (κ3) is 2.76. The number of ether oxygens (including phenoxy) is 1. The molecule has 1 saturated carbocycles. The highest BCUT2D eigenvalue weighted by Gasteiger charge is 2.49. The Labute approximate surface area is 135 Å². The van der Waals surface area contributed by atoms with E-state index < -0.39 is 5.97 Å². The van der Waals surface area contributed by atoms with Gasteiger partial charge < -0.3 is 4.74 Å². The molecule has 0 spiro atoms. The van der Waals surface area contributed by atoms with Crippen molar-refractivity contribution in [3.8, 4) is 0 Å². The van der Waals surface area contributed by atoms with Crippen LogP contribution in [0.2, 0.25) is 0 Å². The second-order valence-electron chi connectivity index (χ2n) is 6.41. The van der Waals surface area contributed by atoms with Crippen molar-refractivity contribution in [2.24, 2.45) is 17.8 Å².